The molecule has 1 aromatic rings. The van der Waals surface area contributed by atoms with Crippen molar-refractivity contribution in [2.24, 2.45) is 5.92 Å². The van der Waals surface area contributed by atoms with E-state index in [1.807, 2.05) is 37.3 Å². The van der Waals surface area contributed by atoms with Gasteiger partial charge >= 0.3 is 0 Å². The third-order valence-corrected chi connectivity index (χ3v) is 6.82. The van der Waals surface area contributed by atoms with Crippen molar-refractivity contribution < 1.29 is 18.0 Å². The van der Waals surface area contributed by atoms with Crippen LogP contribution in [0.5, 0.6) is 0 Å². The zero-order valence-corrected chi connectivity index (χ0v) is 15.7. The van der Waals surface area contributed by atoms with E-state index < -0.39 is 15.8 Å². The van der Waals surface area contributed by atoms with Crippen LogP contribution < -0.4 is 0 Å². The molecule has 0 aliphatic carbocycles. The molecular weight excluding hydrogens is 352 g/mol. The van der Waals surface area contributed by atoms with E-state index in [4.69, 9.17) is 0 Å². The molecule has 7 heteroatoms. The van der Waals surface area contributed by atoms with Gasteiger partial charge in [-0.2, -0.15) is 0 Å². The first-order chi connectivity index (χ1) is 12.4. The maximum atomic E-state index is 12.5. The number of amides is 2. The molecule has 2 aliphatic heterocycles. The van der Waals surface area contributed by atoms with Crippen LogP contribution in [0.15, 0.2) is 36.4 Å². The Labute approximate surface area is 154 Å². The molecule has 3 rings (SSSR count). The Morgan fingerprint density at radius 3 is 2.23 bits per heavy atom. The number of carbonyl (C=O) groups is 2. The molecule has 2 fully saturated rings. The van der Waals surface area contributed by atoms with Crippen LogP contribution in [0.25, 0.3) is 5.57 Å². The highest BCUT2D eigenvalue weighted by atomic mass is 32.2. The second-order valence-electron chi connectivity index (χ2n) is 6.94. The average molecular weight is 376 g/mol. The molecule has 2 aliphatic rings. The molecule has 26 heavy (non-hydrogen) atoms. The lowest BCUT2D eigenvalue weighted by molar-refractivity contribution is -0.139. The molecule has 0 saturated carbocycles. The number of piperazine rings is 1. The van der Waals surface area contributed by atoms with E-state index in [1.54, 1.807) is 15.9 Å². The molecular formula is C19H24N2O4S. The number of sulfone groups is 1. The Morgan fingerprint density at radius 2 is 1.65 bits per heavy atom. The Balaban J connectivity index is 1.55. The van der Waals surface area contributed by atoms with Gasteiger partial charge in [0.1, 0.15) is 0 Å². The van der Waals surface area contributed by atoms with Gasteiger partial charge < -0.3 is 9.80 Å². The number of hydrogen-bond acceptors (Lipinski definition) is 4. The summed E-state index contributed by atoms with van der Waals surface area (Å²) < 4.78 is 23.1. The third kappa shape index (κ3) is 4.33. The van der Waals surface area contributed by atoms with Gasteiger partial charge in [-0.3, -0.25) is 9.59 Å². The standard InChI is InChI=1S/C19H24N2O4S/c1-15(16-5-3-2-4-6-16)13-18(22)20-8-10-21(11-9-20)19(23)17-7-12-26(24,25)14-17/h2-6,13,17H,7-12,14H2,1H3/b15-13-/t17-/m0/s1. The Hall–Kier alpha value is -2.15. The van der Waals surface area contributed by atoms with Gasteiger partial charge in [0.2, 0.25) is 11.8 Å². The van der Waals surface area contributed by atoms with Crippen molar-refractivity contribution >= 4 is 27.2 Å². The maximum Gasteiger partial charge on any atom is 0.246 e. The molecule has 0 N–H and O–H groups in total. The topological polar surface area (TPSA) is 74.8 Å². The highest BCUT2D eigenvalue weighted by Gasteiger charge is 2.36. The summed E-state index contributed by atoms with van der Waals surface area (Å²) in [5, 5.41) is 0. The number of benzene rings is 1. The molecule has 2 heterocycles. The summed E-state index contributed by atoms with van der Waals surface area (Å²) in [6.07, 6.45) is 2.05. The lowest BCUT2D eigenvalue weighted by atomic mass is 10.1. The van der Waals surface area contributed by atoms with Crippen molar-refractivity contribution in [3.05, 3.63) is 42.0 Å². The minimum atomic E-state index is -3.06. The van der Waals surface area contributed by atoms with Crippen LogP contribution >= 0.6 is 0 Å². The van der Waals surface area contributed by atoms with E-state index in [2.05, 4.69) is 0 Å². The van der Waals surface area contributed by atoms with Gasteiger partial charge in [0.15, 0.2) is 9.84 Å². The van der Waals surface area contributed by atoms with Gasteiger partial charge in [-0.25, -0.2) is 8.42 Å². The molecule has 0 unspecified atom stereocenters. The average Bonchev–Trinajstić information content (AvgIpc) is 3.01. The fraction of sp³-hybridized carbons (Fsp3) is 0.474. The summed E-state index contributed by atoms with van der Waals surface area (Å²) in [4.78, 5) is 28.4. The molecule has 1 atom stereocenters. The fourth-order valence-corrected chi connectivity index (χ4v) is 5.19. The van der Waals surface area contributed by atoms with E-state index in [1.165, 1.54) is 0 Å². The number of allylic oxidation sites excluding steroid dienone is 1. The quantitative estimate of drug-likeness (QED) is 0.743. The van der Waals surface area contributed by atoms with Gasteiger partial charge in [-0.1, -0.05) is 30.3 Å². The van der Waals surface area contributed by atoms with Crippen LogP contribution in [0.1, 0.15) is 18.9 Å². The van der Waals surface area contributed by atoms with E-state index in [0.29, 0.717) is 32.6 Å². The van der Waals surface area contributed by atoms with Crippen molar-refractivity contribution in [1.82, 2.24) is 9.80 Å². The van der Waals surface area contributed by atoms with Crippen LogP contribution in [0, 0.1) is 5.92 Å². The lowest BCUT2D eigenvalue weighted by Gasteiger charge is -2.35. The number of nitrogens with zero attached hydrogens (tertiary/aromatic N) is 2. The summed E-state index contributed by atoms with van der Waals surface area (Å²) in [5.41, 5.74) is 1.92. The molecule has 0 bridgehead atoms. The van der Waals surface area contributed by atoms with E-state index in [0.717, 1.165) is 11.1 Å². The highest BCUT2D eigenvalue weighted by Crippen LogP contribution is 2.21. The SMILES string of the molecule is C/C(=C/C(=O)N1CCN(C(=O)[C@H]2CCS(=O)(=O)C2)CC1)c1ccccc1. The molecule has 140 valence electrons. The summed E-state index contributed by atoms with van der Waals surface area (Å²) >= 11 is 0. The highest BCUT2D eigenvalue weighted by molar-refractivity contribution is 7.91. The van der Waals surface area contributed by atoms with Crippen molar-refractivity contribution in [3.63, 3.8) is 0 Å². The largest absolute Gasteiger partial charge is 0.339 e. The molecule has 0 radical (unpaired) electrons. The van der Waals surface area contributed by atoms with Crippen LogP contribution in [-0.4, -0.2) is 67.7 Å². The summed E-state index contributed by atoms with van der Waals surface area (Å²) in [7, 11) is -3.06. The molecule has 2 saturated heterocycles. The van der Waals surface area contributed by atoms with Crippen LogP contribution in [0.2, 0.25) is 0 Å². The number of hydrogen-bond donors (Lipinski definition) is 0. The third-order valence-electron chi connectivity index (χ3n) is 5.05. The van der Waals surface area contributed by atoms with Gasteiger partial charge in [-0.05, 0) is 24.5 Å². The second-order valence-corrected chi connectivity index (χ2v) is 9.17. The van der Waals surface area contributed by atoms with E-state index in [-0.39, 0.29) is 23.3 Å². The molecule has 1 aromatic carbocycles. The zero-order chi connectivity index (χ0) is 18.7. The van der Waals surface area contributed by atoms with E-state index in [9.17, 15) is 18.0 Å². The Morgan fingerprint density at radius 1 is 1.04 bits per heavy atom. The first-order valence-corrected chi connectivity index (χ1v) is 10.7. The molecule has 2 amide bonds. The lowest BCUT2D eigenvalue weighted by Crippen LogP contribution is -2.51. The monoisotopic (exact) mass is 376 g/mol. The summed E-state index contributed by atoms with van der Waals surface area (Å²) in [6.45, 7) is 3.78. The minimum absolute atomic E-state index is 0.0377. The van der Waals surface area contributed by atoms with Crippen LogP contribution in [-0.2, 0) is 19.4 Å². The van der Waals surface area contributed by atoms with Gasteiger partial charge in [-0.15, -0.1) is 0 Å². The summed E-state index contributed by atoms with van der Waals surface area (Å²) in [5.74, 6) is -0.492. The zero-order valence-electron chi connectivity index (χ0n) is 14.9. The van der Waals surface area contributed by atoms with Crippen molar-refractivity contribution in [3.8, 4) is 0 Å². The van der Waals surface area contributed by atoms with Gasteiger partial charge in [0.05, 0.1) is 17.4 Å². The van der Waals surface area contributed by atoms with Gasteiger partial charge in [0, 0.05) is 32.3 Å². The predicted molar refractivity (Wildman–Crippen MR) is 100 cm³/mol. The minimum Gasteiger partial charge on any atom is -0.339 e. The van der Waals surface area contributed by atoms with Crippen LogP contribution in [0.3, 0.4) is 0 Å². The van der Waals surface area contributed by atoms with Crippen LogP contribution in [0.4, 0.5) is 0 Å². The Kier molecular flexibility index (Phi) is 5.46. The van der Waals surface area contributed by atoms with Crippen molar-refractivity contribution in [1.29, 1.82) is 0 Å². The Bertz CT molecular complexity index is 809. The van der Waals surface area contributed by atoms with Crippen molar-refractivity contribution in [2.75, 3.05) is 37.7 Å². The molecule has 0 spiro atoms. The maximum absolute atomic E-state index is 12.5. The molecule has 6 nitrogen and oxygen atoms in total. The number of rotatable bonds is 3. The summed E-state index contributed by atoms with van der Waals surface area (Å²) in [6, 6.07) is 9.73. The number of carbonyl (C=O) groups excluding carboxylic acids is 2. The van der Waals surface area contributed by atoms with Crippen molar-refractivity contribution in [2.45, 2.75) is 13.3 Å². The fourth-order valence-electron chi connectivity index (χ4n) is 3.46. The first-order valence-electron chi connectivity index (χ1n) is 8.87. The smallest absolute Gasteiger partial charge is 0.246 e. The van der Waals surface area contributed by atoms with Gasteiger partial charge in [0.25, 0.3) is 0 Å². The van der Waals surface area contributed by atoms with E-state index >= 15 is 0 Å². The first kappa shape index (κ1) is 18.6. The normalized spacial score (nSPS) is 23.1. The second kappa shape index (κ2) is 7.61. The molecule has 0 aromatic heterocycles. The predicted octanol–water partition coefficient (Wildman–Crippen LogP) is 1.20.